The summed E-state index contributed by atoms with van der Waals surface area (Å²) in [7, 11) is 0. The molecule has 0 bridgehead atoms. The number of rotatable bonds is 8. The largest absolute Gasteiger partial charge is 0.480 e. The Kier molecular flexibility index (Phi) is 6.26. The van der Waals surface area contributed by atoms with Gasteiger partial charge in [0.2, 0.25) is 5.91 Å². The standard InChI is InChI=1S/C27H30N2O5/c30-25(29-13-5-10-24(29)26(31)32)14-18(17-11-12-17)15-28-27(33)34-16-23-21-8-3-1-6-19(21)20-7-2-4-9-22(20)23/h1-4,6-9,17-18,23-24H,5,10-16H2,(H,28,33)(H,31,32)/t18?,24-/m0/s1. The smallest absolute Gasteiger partial charge is 0.407 e. The van der Waals surface area contributed by atoms with E-state index in [0.717, 1.165) is 30.4 Å². The fourth-order valence-corrected chi connectivity index (χ4v) is 5.50. The topological polar surface area (TPSA) is 95.9 Å². The second-order valence-electron chi connectivity index (χ2n) is 9.59. The summed E-state index contributed by atoms with van der Waals surface area (Å²) in [5, 5.41) is 12.2. The molecule has 7 heteroatoms. The summed E-state index contributed by atoms with van der Waals surface area (Å²) in [5.74, 6) is -0.671. The Bertz CT molecular complexity index is 1050. The summed E-state index contributed by atoms with van der Waals surface area (Å²) in [6.45, 7) is 1.10. The molecule has 1 saturated heterocycles. The maximum atomic E-state index is 12.8. The van der Waals surface area contributed by atoms with Crippen molar-refractivity contribution in [1.82, 2.24) is 10.2 Å². The maximum absolute atomic E-state index is 12.8. The lowest BCUT2D eigenvalue weighted by Gasteiger charge is -2.24. The average molecular weight is 463 g/mol. The Morgan fingerprint density at radius 1 is 1.00 bits per heavy atom. The van der Waals surface area contributed by atoms with E-state index in [9.17, 15) is 19.5 Å². The van der Waals surface area contributed by atoms with Crippen molar-refractivity contribution in [3.05, 3.63) is 59.7 Å². The molecule has 1 saturated carbocycles. The Hall–Kier alpha value is -3.35. The van der Waals surface area contributed by atoms with Crippen LogP contribution in [0.4, 0.5) is 4.79 Å². The Morgan fingerprint density at radius 3 is 2.26 bits per heavy atom. The van der Waals surface area contributed by atoms with Crippen LogP contribution in [0.15, 0.2) is 48.5 Å². The third-order valence-electron chi connectivity index (χ3n) is 7.44. The van der Waals surface area contributed by atoms with Crippen LogP contribution in [0.2, 0.25) is 0 Å². The van der Waals surface area contributed by atoms with Crippen LogP contribution in [0.3, 0.4) is 0 Å². The lowest BCUT2D eigenvalue weighted by molar-refractivity contribution is -0.148. The average Bonchev–Trinajstić information content (AvgIpc) is 3.47. The SMILES string of the molecule is O=C(NCC(CC(=O)N1CCC[C@H]1C(=O)O)C1CC1)OCC1c2ccccc2-c2ccccc21. The first-order chi connectivity index (χ1) is 16.5. The molecule has 3 aliphatic rings. The van der Waals surface area contributed by atoms with Crippen LogP contribution in [-0.2, 0) is 14.3 Å². The number of aliphatic carboxylic acids is 1. The highest BCUT2D eigenvalue weighted by Gasteiger charge is 2.38. The molecule has 1 heterocycles. The molecule has 7 nitrogen and oxygen atoms in total. The van der Waals surface area contributed by atoms with Crippen molar-refractivity contribution >= 4 is 18.0 Å². The Balaban J connectivity index is 1.16. The van der Waals surface area contributed by atoms with Gasteiger partial charge in [0.05, 0.1) is 0 Å². The van der Waals surface area contributed by atoms with Crippen molar-refractivity contribution in [1.29, 1.82) is 0 Å². The zero-order chi connectivity index (χ0) is 23.7. The molecule has 2 amide bonds. The predicted octanol–water partition coefficient (Wildman–Crippen LogP) is 4.02. The summed E-state index contributed by atoms with van der Waals surface area (Å²) in [4.78, 5) is 38.3. The number of hydrogen-bond donors (Lipinski definition) is 2. The number of carboxylic acid groups (broad SMARTS) is 1. The van der Waals surface area contributed by atoms with Gasteiger partial charge in [-0.15, -0.1) is 0 Å². The number of benzene rings is 2. The molecule has 2 aliphatic carbocycles. The fraction of sp³-hybridized carbons (Fsp3) is 0.444. The van der Waals surface area contributed by atoms with E-state index < -0.39 is 18.1 Å². The van der Waals surface area contributed by atoms with Crippen molar-refractivity contribution in [2.45, 2.75) is 44.1 Å². The van der Waals surface area contributed by atoms with E-state index in [1.807, 2.05) is 24.3 Å². The van der Waals surface area contributed by atoms with Gasteiger partial charge in [-0.05, 0) is 59.8 Å². The Labute approximate surface area is 199 Å². The van der Waals surface area contributed by atoms with Gasteiger partial charge >= 0.3 is 12.1 Å². The lowest BCUT2D eigenvalue weighted by Crippen LogP contribution is -2.42. The molecule has 0 aromatic heterocycles. The number of carboxylic acids is 1. The fourth-order valence-electron chi connectivity index (χ4n) is 5.50. The van der Waals surface area contributed by atoms with Gasteiger partial charge in [-0.1, -0.05) is 48.5 Å². The number of ether oxygens (including phenoxy) is 1. The summed E-state index contributed by atoms with van der Waals surface area (Å²) >= 11 is 0. The molecule has 2 N–H and O–H groups in total. The Morgan fingerprint density at radius 2 is 1.65 bits per heavy atom. The van der Waals surface area contributed by atoms with Gasteiger partial charge < -0.3 is 20.1 Å². The van der Waals surface area contributed by atoms with E-state index in [1.165, 1.54) is 16.0 Å². The molecule has 5 rings (SSSR count). The molecule has 34 heavy (non-hydrogen) atoms. The minimum atomic E-state index is -0.939. The number of likely N-dealkylation sites (tertiary alicyclic amines) is 1. The van der Waals surface area contributed by atoms with Gasteiger partial charge in [0.25, 0.3) is 0 Å². The number of nitrogens with zero attached hydrogens (tertiary/aromatic N) is 1. The number of alkyl carbamates (subject to hydrolysis) is 1. The molecular formula is C27H30N2O5. The minimum Gasteiger partial charge on any atom is -0.480 e. The van der Waals surface area contributed by atoms with Crippen LogP contribution < -0.4 is 5.32 Å². The number of nitrogens with one attached hydrogen (secondary N) is 1. The summed E-state index contributed by atoms with van der Waals surface area (Å²) in [6.07, 6.45) is 3.07. The molecule has 0 spiro atoms. The quantitative estimate of drug-likeness (QED) is 0.618. The van der Waals surface area contributed by atoms with Crippen LogP contribution in [0.25, 0.3) is 11.1 Å². The minimum absolute atomic E-state index is 0.00192. The van der Waals surface area contributed by atoms with Crippen molar-refractivity contribution < 1.29 is 24.2 Å². The van der Waals surface area contributed by atoms with Crippen molar-refractivity contribution in [3.8, 4) is 11.1 Å². The van der Waals surface area contributed by atoms with E-state index >= 15 is 0 Å². The molecule has 1 unspecified atom stereocenters. The number of carbonyl (C=O) groups excluding carboxylic acids is 2. The molecule has 2 atom stereocenters. The van der Waals surface area contributed by atoms with Gasteiger partial charge in [0.1, 0.15) is 12.6 Å². The molecule has 0 radical (unpaired) electrons. The van der Waals surface area contributed by atoms with Crippen molar-refractivity contribution in [3.63, 3.8) is 0 Å². The number of carbonyl (C=O) groups is 3. The van der Waals surface area contributed by atoms with Crippen LogP contribution in [0, 0.1) is 11.8 Å². The van der Waals surface area contributed by atoms with E-state index in [4.69, 9.17) is 4.74 Å². The molecule has 2 fully saturated rings. The van der Waals surface area contributed by atoms with Gasteiger partial charge in [-0.2, -0.15) is 0 Å². The normalized spacial score (nSPS) is 19.9. The molecule has 1 aliphatic heterocycles. The van der Waals surface area contributed by atoms with Crippen LogP contribution >= 0.6 is 0 Å². The monoisotopic (exact) mass is 462 g/mol. The van der Waals surface area contributed by atoms with E-state index in [2.05, 4.69) is 29.6 Å². The van der Waals surface area contributed by atoms with E-state index in [0.29, 0.717) is 25.4 Å². The van der Waals surface area contributed by atoms with Gasteiger partial charge in [-0.3, -0.25) is 4.79 Å². The number of fused-ring (bicyclic) bond motifs is 3. The van der Waals surface area contributed by atoms with E-state index in [1.54, 1.807) is 0 Å². The molecular weight excluding hydrogens is 432 g/mol. The highest BCUT2D eigenvalue weighted by Crippen LogP contribution is 2.44. The zero-order valence-electron chi connectivity index (χ0n) is 19.1. The molecule has 178 valence electrons. The van der Waals surface area contributed by atoms with Gasteiger partial charge in [0, 0.05) is 25.4 Å². The maximum Gasteiger partial charge on any atom is 0.407 e. The van der Waals surface area contributed by atoms with Gasteiger partial charge in [0.15, 0.2) is 0 Å². The first-order valence-electron chi connectivity index (χ1n) is 12.1. The van der Waals surface area contributed by atoms with Crippen LogP contribution in [0.5, 0.6) is 0 Å². The zero-order valence-corrected chi connectivity index (χ0v) is 19.1. The summed E-state index contributed by atoms with van der Waals surface area (Å²) < 4.78 is 5.62. The summed E-state index contributed by atoms with van der Waals surface area (Å²) in [6, 6.07) is 15.7. The second kappa shape index (κ2) is 9.49. The lowest BCUT2D eigenvalue weighted by atomic mass is 9.98. The number of amides is 2. The van der Waals surface area contributed by atoms with Crippen molar-refractivity contribution in [2.75, 3.05) is 19.7 Å². The highest BCUT2D eigenvalue weighted by molar-refractivity contribution is 5.84. The second-order valence-corrected chi connectivity index (χ2v) is 9.59. The predicted molar refractivity (Wildman–Crippen MR) is 126 cm³/mol. The summed E-state index contributed by atoms with van der Waals surface area (Å²) in [5.41, 5.74) is 4.69. The first kappa shape index (κ1) is 22.4. The molecule has 2 aromatic carbocycles. The van der Waals surface area contributed by atoms with Gasteiger partial charge in [-0.25, -0.2) is 9.59 Å². The third kappa shape index (κ3) is 4.52. The van der Waals surface area contributed by atoms with Crippen molar-refractivity contribution in [2.24, 2.45) is 11.8 Å². The van der Waals surface area contributed by atoms with Crippen LogP contribution in [0.1, 0.15) is 49.1 Å². The third-order valence-corrected chi connectivity index (χ3v) is 7.44. The molecule has 2 aromatic rings. The highest BCUT2D eigenvalue weighted by atomic mass is 16.5. The van der Waals surface area contributed by atoms with Crippen LogP contribution in [-0.4, -0.2) is 53.7 Å². The number of hydrogen-bond acceptors (Lipinski definition) is 4. The van der Waals surface area contributed by atoms with E-state index in [-0.39, 0.29) is 30.8 Å². The first-order valence-corrected chi connectivity index (χ1v) is 12.1.